The van der Waals surface area contributed by atoms with E-state index in [-0.39, 0.29) is 40.1 Å². The Kier molecular flexibility index (Phi) is 10.9. The van der Waals surface area contributed by atoms with Crippen LogP contribution in [0.15, 0.2) is 0 Å². The first-order valence-corrected chi connectivity index (χ1v) is 20.0. The maximum absolute atomic E-state index is 14.9. The van der Waals surface area contributed by atoms with Crippen LogP contribution < -0.4 is 27.0 Å². The molecule has 5 amide bonds. The number of primary amides is 1. The molecule has 12 heteroatoms. The van der Waals surface area contributed by atoms with Crippen molar-refractivity contribution >= 4 is 29.5 Å². The van der Waals surface area contributed by atoms with E-state index in [0.717, 1.165) is 84.1 Å². The Morgan fingerprint density at radius 1 is 0.863 bits per heavy atom. The minimum atomic E-state index is -1.06. The summed E-state index contributed by atoms with van der Waals surface area (Å²) in [6.07, 6.45) is 12.8. The van der Waals surface area contributed by atoms with Gasteiger partial charge >= 0.3 is 6.03 Å². The fourth-order valence-corrected chi connectivity index (χ4v) is 11.0. The Balaban J connectivity index is 1.22. The number of carbonyl (C=O) groups excluding carboxylic acids is 5. The molecule has 6 fully saturated rings. The Bertz CT molecular complexity index is 1340. The second-order valence-corrected chi connectivity index (χ2v) is 18.6. The smallest absolute Gasteiger partial charge is 0.315 e. The maximum atomic E-state index is 14.9. The second kappa shape index (κ2) is 14.6. The summed E-state index contributed by atoms with van der Waals surface area (Å²) in [4.78, 5) is 72.3. The van der Waals surface area contributed by atoms with E-state index in [1.54, 1.807) is 4.90 Å². The SMILES string of the molecule is CC(C)(C)[C@H](NC(=O)N[C@H](CN1CCNCC1)C1CCCCC1)C(=O)N1C[C@]2(C[C@H]1C(=O)NC(CC1CCC1)C(=O)C(N)=O)C(C)(C)C21CCC1. The summed E-state index contributed by atoms with van der Waals surface area (Å²) in [6.45, 7) is 15.4. The van der Waals surface area contributed by atoms with Crippen molar-refractivity contribution in [3.05, 3.63) is 0 Å². The average Bonchev–Trinajstić information content (AvgIpc) is 3.26. The van der Waals surface area contributed by atoms with Gasteiger partial charge in [-0.3, -0.25) is 24.1 Å². The first kappa shape index (κ1) is 38.0. The zero-order valence-electron chi connectivity index (χ0n) is 31.9. The number of hydrogen-bond donors (Lipinski definition) is 5. The normalized spacial score (nSPS) is 29.4. The average molecular weight is 712 g/mol. The lowest BCUT2D eigenvalue weighted by atomic mass is 9.73. The third kappa shape index (κ3) is 7.17. The zero-order chi connectivity index (χ0) is 36.8. The van der Waals surface area contributed by atoms with Gasteiger partial charge in [0.05, 0.1) is 6.04 Å². The summed E-state index contributed by atoms with van der Waals surface area (Å²) in [5, 5.41) is 12.8. The van der Waals surface area contributed by atoms with Crippen LogP contribution in [0.1, 0.15) is 118 Å². The number of nitrogens with two attached hydrogens (primary N) is 1. The lowest BCUT2D eigenvalue weighted by molar-refractivity contribution is -0.143. The lowest BCUT2D eigenvalue weighted by Gasteiger charge is -2.38. The highest BCUT2D eigenvalue weighted by Gasteiger charge is 2.85. The summed E-state index contributed by atoms with van der Waals surface area (Å²) in [6, 6.07) is -3.08. The van der Waals surface area contributed by atoms with E-state index in [1.807, 2.05) is 20.8 Å². The van der Waals surface area contributed by atoms with E-state index in [1.165, 1.54) is 19.3 Å². The molecule has 2 spiro atoms. The molecule has 51 heavy (non-hydrogen) atoms. The largest absolute Gasteiger partial charge is 0.363 e. The van der Waals surface area contributed by atoms with Gasteiger partial charge in [-0.25, -0.2) is 4.79 Å². The first-order chi connectivity index (χ1) is 24.1. The number of fused-ring (bicyclic) bond motifs is 1. The molecule has 0 aromatic heterocycles. The van der Waals surface area contributed by atoms with Crippen LogP contribution in [0.2, 0.25) is 0 Å². The highest BCUT2D eigenvalue weighted by Crippen LogP contribution is 2.88. The van der Waals surface area contributed by atoms with Crippen LogP contribution in [0.5, 0.6) is 0 Å². The van der Waals surface area contributed by atoms with Crippen molar-refractivity contribution in [1.82, 2.24) is 31.1 Å². The number of hydrogen-bond acceptors (Lipinski definition) is 7. The molecule has 6 N–H and O–H groups in total. The number of urea groups is 1. The van der Waals surface area contributed by atoms with Gasteiger partial charge in [-0.05, 0) is 66.6 Å². The Labute approximate surface area is 304 Å². The summed E-state index contributed by atoms with van der Waals surface area (Å²) in [7, 11) is 0. The predicted molar refractivity (Wildman–Crippen MR) is 195 cm³/mol. The fraction of sp³-hybridized carbons (Fsp3) is 0.872. The van der Waals surface area contributed by atoms with E-state index >= 15 is 0 Å². The van der Waals surface area contributed by atoms with E-state index < -0.39 is 41.1 Å². The molecule has 6 rings (SSSR count). The third-order valence-corrected chi connectivity index (χ3v) is 14.7. The van der Waals surface area contributed by atoms with Gasteiger partial charge in [0.1, 0.15) is 12.1 Å². The van der Waals surface area contributed by atoms with Crippen LogP contribution in [-0.4, -0.2) is 103 Å². The van der Waals surface area contributed by atoms with Gasteiger partial charge in [0, 0.05) is 50.7 Å². The summed E-state index contributed by atoms with van der Waals surface area (Å²) < 4.78 is 0. The lowest BCUT2D eigenvalue weighted by Crippen LogP contribution is -2.61. The number of carbonyl (C=O) groups is 5. The van der Waals surface area contributed by atoms with Crippen LogP contribution >= 0.6 is 0 Å². The molecule has 12 nitrogen and oxygen atoms in total. The van der Waals surface area contributed by atoms with Crippen molar-refractivity contribution in [1.29, 1.82) is 0 Å². The molecule has 1 unspecified atom stereocenters. The van der Waals surface area contributed by atoms with Crippen molar-refractivity contribution in [2.24, 2.45) is 39.2 Å². The van der Waals surface area contributed by atoms with Crippen molar-refractivity contribution in [3.63, 3.8) is 0 Å². The molecule has 4 aliphatic carbocycles. The number of nitrogens with zero attached hydrogens (tertiary/aromatic N) is 2. The Morgan fingerprint density at radius 3 is 2.06 bits per heavy atom. The molecule has 286 valence electrons. The number of rotatable bonds is 12. The minimum absolute atomic E-state index is 0.0196. The topological polar surface area (TPSA) is 166 Å². The standard InChI is InChI=1S/C39H65N7O5/c1-36(2,3)31(44-35(51)43-28(26-13-7-6-8-14-26)23-45-19-17-41-18-20-45)34(50)46-24-39(37(4,5)38(39)15-10-16-38)22-29(46)33(49)42-27(30(47)32(40)48)21-25-11-9-12-25/h25-29,31,41H,6-24H2,1-5H3,(H2,40,48)(H,42,49)(H2,43,44,51)/t27?,28-,29+,31-,39-/m1/s1. The number of nitrogens with one attached hydrogen (secondary N) is 4. The highest BCUT2D eigenvalue weighted by atomic mass is 16.2. The number of ketones is 1. The summed E-state index contributed by atoms with van der Waals surface area (Å²) >= 11 is 0. The van der Waals surface area contributed by atoms with Gasteiger partial charge < -0.3 is 31.9 Å². The molecule has 4 saturated carbocycles. The van der Waals surface area contributed by atoms with Gasteiger partial charge in [-0.1, -0.05) is 79.6 Å². The number of amides is 5. The monoisotopic (exact) mass is 712 g/mol. The quantitative estimate of drug-likeness (QED) is 0.194. The molecule has 2 saturated heterocycles. The molecule has 2 heterocycles. The number of likely N-dealkylation sites (tertiary alicyclic amines) is 1. The molecule has 0 bridgehead atoms. The maximum Gasteiger partial charge on any atom is 0.315 e. The van der Waals surface area contributed by atoms with Gasteiger partial charge in [0.25, 0.3) is 5.91 Å². The molecule has 0 aromatic carbocycles. The fourth-order valence-electron chi connectivity index (χ4n) is 11.0. The number of piperazine rings is 1. The van der Waals surface area contributed by atoms with Crippen LogP contribution in [0.3, 0.4) is 0 Å². The number of Topliss-reactive ketones (excluding diaryl/α,β-unsaturated/α-hetero) is 1. The molecule has 2 aliphatic heterocycles. The van der Waals surface area contributed by atoms with Crippen molar-refractivity contribution in [3.8, 4) is 0 Å². The predicted octanol–water partition coefficient (Wildman–Crippen LogP) is 3.08. The van der Waals surface area contributed by atoms with Gasteiger partial charge in [-0.15, -0.1) is 0 Å². The van der Waals surface area contributed by atoms with Crippen molar-refractivity contribution < 1.29 is 24.0 Å². The van der Waals surface area contributed by atoms with E-state index in [9.17, 15) is 24.0 Å². The van der Waals surface area contributed by atoms with Gasteiger partial charge in [0.15, 0.2) is 0 Å². The van der Waals surface area contributed by atoms with Crippen molar-refractivity contribution in [2.45, 2.75) is 142 Å². The van der Waals surface area contributed by atoms with Crippen LogP contribution in [0, 0.1) is 33.5 Å². The molecule has 5 atom stereocenters. The molecular formula is C39H65N7O5. The summed E-state index contributed by atoms with van der Waals surface area (Å²) in [5.74, 6) is -1.90. The summed E-state index contributed by atoms with van der Waals surface area (Å²) in [5.41, 5.74) is 4.58. The first-order valence-electron chi connectivity index (χ1n) is 20.0. The van der Waals surface area contributed by atoms with Crippen molar-refractivity contribution in [2.75, 3.05) is 39.3 Å². The van der Waals surface area contributed by atoms with E-state index in [0.29, 0.717) is 25.3 Å². The van der Waals surface area contributed by atoms with Crippen LogP contribution in [0.25, 0.3) is 0 Å². The van der Waals surface area contributed by atoms with E-state index in [4.69, 9.17) is 5.73 Å². The zero-order valence-corrected chi connectivity index (χ0v) is 31.9. The van der Waals surface area contributed by atoms with Crippen LogP contribution in [-0.2, 0) is 19.2 Å². The highest BCUT2D eigenvalue weighted by molar-refractivity contribution is 6.37. The Morgan fingerprint density at radius 2 is 1.53 bits per heavy atom. The molecule has 6 aliphatic rings. The third-order valence-electron chi connectivity index (χ3n) is 14.7. The molecule has 0 radical (unpaired) electrons. The second-order valence-electron chi connectivity index (χ2n) is 18.6. The van der Waals surface area contributed by atoms with Crippen LogP contribution in [0.4, 0.5) is 4.79 Å². The minimum Gasteiger partial charge on any atom is -0.363 e. The molecule has 0 aromatic rings. The molecular weight excluding hydrogens is 646 g/mol. The van der Waals surface area contributed by atoms with E-state index in [2.05, 4.69) is 40.0 Å². The Hall–Kier alpha value is -2.73. The van der Waals surface area contributed by atoms with Gasteiger partial charge in [-0.2, -0.15) is 0 Å². The van der Waals surface area contributed by atoms with Gasteiger partial charge in [0.2, 0.25) is 17.6 Å².